The topological polar surface area (TPSA) is 55.6 Å². The molecule has 1 aliphatic heterocycles. The van der Waals surface area contributed by atoms with Crippen molar-refractivity contribution in [2.45, 2.75) is 51.3 Å². The lowest BCUT2D eigenvalue weighted by molar-refractivity contribution is 0.00797. The fourth-order valence-electron chi connectivity index (χ4n) is 2.52. The molecule has 1 fully saturated rings. The molecule has 110 valence electrons. The highest BCUT2D eigenvalue weighted by Crippen LogP contribution is 2.31. The van der Waals surface area contributed by atoms with Gasteiger partial charge < -0.3 is 15.4 Å². The van der Waals surface area contributed by atoms with Crippen molar-refractivity contribution in [2.75, 3.05) is 6.54 Å². The Kier molecular flexibility index (Phi) is 4.33. The van der Waals surface area contributed by atoms with Crippen molar-refractivity contribution >= 4 is 6.09 Å². The summed E-state index contributed by atoms with van der Waals surface area (Å²) in [6.45, 7) is 6.31. The highest BCUT2D eigenvalue weighted by Gasteiger charge is 2.33. The van der Waals surface area contributed by atoms with E-state index in [1.807, 2.05) is 56.0 Å². The Balaban J connectivity index is 2.19. The number of carbonyl (C=O) groups is 1. The maximum Gasteiger partial charge on any atom is 0.410 e. The summed E-state index contributed by atoms with van der Waals surface area (Å²) < 4.78 is 5.51. The molecule has 0 spiro atoms. The summed E-state index contributed by atoms with van der Waals surface area (Å²) in [5.74, 6) is 0. The zero-order chi connectivity index (χ0) is 14.8. The Morgan fingerprint density at radius 1 is 1.30 bits per heavy atom. The highest BCUT2D eigenvalue weighted by atomic mass is 16.6. The van der Waals surface area contributed by atoms with Gasteiger partial charge in [-0.05, 0) is 39.2 Å². The highest BCUT2D eigenvalue weighted by molar-refractivity contribution is 5.69. The SMILES string of the molecule is CC(C)(C)OC(=O)N1CC[C@@H](N)C[C@H]1c1ccccc1. The van der Waals surface area contributed by atoms with Gasteiger partial charge in [0, 0.05) is 12.6 Å². The first-order valence-electron chi connectivity index (χ1n) is 7.17. The summed E-state index contributed by atoms with van der Waals surface area (Å²) in [6.07, 6.45) is 1.35. The van der Waals surface area contributed by atoms with Gasteiger partial charge in [0.2, 0.25) is 0 Å². The number of amides is 1. The van der Waals surface area contributed by atoms with Crippen LogP contribution in [0.25, 0.3) is 0 Å². The van der Waals surface area contributed by atoms with Crippen molar-refractivity contribution < 1.29 is 9.53 Å². The number of rotatable bonds is 1. The van der Waals surface area contributed by atoms with Gasteiger partial charge >= 0.3 is 6.09 Å². The molecular weight excluding hydrogens is 252 g/mol. The molecule has 0 aliphatic carbocycles. The molecule has 0 radical (unpaired) electrons. The van der Waals surface area contributed by atoms with Crippen molar-refractivity contribution in [3.63, 3.8) is 0 Å². The van der Waals surface area contributed by atoms with E-state index in [1.165, 1.54) is 0 Å². The molecule has 1 saturated heterocycles. The van der Waals surface area contributed by atoms with E-state index >= 15 is 0 Å². The number of nitrogens with zero attached hydrogens (tertiary/aromatic N) is 1. The Morgan fingerprint density at radius 3 is 2.55 bits per heavy atom. The summed E-state index contributed by atoms with van der Waals surface area (Å²) in [6, 6.07) is 10.2. The van der Waals surface area contributed by atoms with Gasteiger partial charge in [0.1, 0.15) is 5.60 Å². The van der Waals surface area contributed by atoms with Crippen LogP contribution in [-0.2, 0) is 4.74 Å². The van der Waals surface area contributed by atoms with Crippen LogP contribution >= 0.6 is 0 Å². The van der Waals surface area contributed by atoms with E-state index in [-0.39, 0.29) is 18.2 Å². The van der Waals surface area contributed by atoms with Crippen molar-refractivity contribution in [3.05, 3.63) is 35.9 Å². The Bertz CT molecular complexity index is 453. The first-order chi connectivity index (χ1) is 9.37. The van der Waals surface area contributed by atoms with Crippen molar-refractivity contribution in [3.8, 4) is 0 Å². The van der Waals surface area contributed by atoms with Gasteiger partial charge in [-0.1, -0.05) is 30.3 Å². The summed E-state index contributed by atoms with van der Waals surface area (Å²) >= 11 is 0. The van der Waals surface area contributed by atoms with Gasteiger partial charge in [0.25, 0.3) is 0 Å². The third kappa shape index (κ3) is 3.73. The number of piperidine rings is 1. The molecule has 2 rings (SSSR count). The number of nitrogens with two attached hydrogens (primary N) is 1. The maximum absolute atomic E-state index is 12.4. The number of hydrogen-bond donors (Lipinski definition) is 1. The number of hydrogen-bond acceptors (Lipinski definition) is 3. The zero-order valence-electron chi connectivity index (χ0n) is 12.5. The summed E-state index contributed by atoms with van der Waals surface area (Å²) in [5, 5.41) is 0. The smallest absolute Gasteiger partial charge is 0.410 e. The van der Waals surface area contributed by atoms with Crippen molar-refractivity contribution in [2.24, 2.45) is 5.73 Å². The van der Waals surface area contributed by atoms with Crippen molar-refractivity contribution in [1.82, 2.24) is 4.90 Å². The fourth-order valence-corrected chi connectivity index (χ4v) is 2.52. The molecule has 0 bridgehead atoms. The minimum absolute atomic E-state index is 0.00907. The molecule has 1 amide bonds. The van der Waals surface area contributed by atoms with Crippen LogP contribution in [-0.4, -0.2) is 29.2 Å². The fraction of sp³-hybridized carbons (Fsp3) is 0.562. The molecule has 1 heterocycles. The van der Waals surface area contributed by atoms with Gasteiger partial charge in [-0.25, -0.2) is 4.79 Å². The molecule has 1 aromatic carbocycles. The number of ether oxygens (including phenoxy) is 1. The average Bonchev–Trinajstić information content (AvgIpc) is 2.37. The minimum atomic E-state index is -0.474. The van der Waals surface area contributed by atoms with E-state index in [4.69, 9.17) is 10.5 Å². The largest absolute Gasteiger partial charge is 0.444 e. The Labute approximate surface area is 120 Å². The summed E-state index contributed by atoms with van der Waals surface area (Å²) in [4.78, 5) is 14.2. The molecule has 2 atom stereocenters. The van der Waals surface area contributed by atoms with E-state index in [0.717, 1.165) is 18.4 Å². The lowest BCUT2D eigenvalue weighted by Gasteiger charge is -2.39. The van der Waals surface area contributed by atoms with Crippen LogP contribution in [0.4, 0.5) is 4.79 Å². The average molecular weight is 276 g/mol. The van der Waals surface area contributed by atoms with E-state index in [1.54, 1.807) is 0 Å². The third-order valence-corrected chi connectivity index (χ3v) is 3.46. The minimum Gasteiger partial charge on any atom is -0.444 e. The standard InChI is InChI=1S/C16H24N2O2/c1-16(2,3)20-15(19)18-10-9-13(17)11-14(18)12-7-5-4-6-8-12/h4-8,13-14H,9-11,17H2,1-3H3/t13-,14+/m1/s1. The maximum atomic E-state index is 12.4. The number of benzene rings is 1. The summed E-state index contributed by atoms with van der Waals surface area (Å²) in [7, 11) is 0. The Hall–Kier alpha value is -1.55. The molecule has 0 unspecified atom stereocenters. The van der Waals surface area contributed by atoms with Crippen LogP contribution in [0.5, 0.6) is 0 Å². The van der Waals surface area contributed by atoms with Crippen LogP contribution in [0.3, 0.4) is 0 Å². The molecule has 1 aromatic rings. The quantitative estimate of drug-likeness (QED) is 0.857. The van der Waals surface area contributed by atoms with Gasteiger partial charge in [0.15, 0.2) is 0 Å². The monoisotopic (exact) mass is 276 g/mol. The van der Waals surface area contributed by atoms with Crippen LogP contribution < -0.4 is 5.73 Å². The second-order valence-electron chi connectivity index (χ2n) is 6.38. The predicted octanol–water partition coefficient (Wildman–Crippen LogP) is 3.09. The number of carbonyl (C=O) groups excluding carboxylic acids is 1. The van der Waals surface area contributed by atoms with E-state index in [0.29, 0.717) is 6.54 Å². The zero-order valence-corrected chi connectivity index (χ0v) is 12.5. The third-order valence-electron chi connectivity index (χ3n) is 3.46. The molecule has 20 heavy (non-hydrogen) atoms. The van der Waals surface area contributed by atoms with Gasteiger partial charge in [0.05, 0.1) is 6.04 Å². The molecule has 2 N–H and O–H groups in total. The van der Waals surface area contributed by atoms with E-state index in [2.05, 4.69) is 0 Å². The lowest BCUT2D eigenvalue weighted by Crippen LogP contribution is -2.46. The van der Waals surface area contributed by atoms with Gasteiger partial charge in [-0.2, -0.15) is 0 Å². The first kappa shape index (κ1) is 14.9. The normalized spacial score (nSPS) is 23.5. The molecule has 0 saturated carbocycles. The van der Waals surface area contributed by atoms with Crippen molar-refractivity contribution in [1.29, 1.82) is 0 Å². The number of likely N-dealkylation sites (tertiary alicyclic amines) is 1. The predicted molar refractivity (Wildman–Crippen MR) is 79.3 cm³/mol. The first-order valence-corrected chi connectivity index (χ1v) is 7.17. The van der Waals surface area contributed by atoms with Crippen LogP contribution in [0.15, 0.2) is 30.3 Å². The van der Waals surface area contributed by atoms with Crippen LogP contribution in [0.1, 0.15) is 45.2 Å². The van der Waals surface area contributed by atoms with E-state index in [9.17, 15) is 4.79 Å². The Morgan fingerprint density at radius 2 is 1.95 bits per heavy atom. The molecule has 1 aliphatic rings. The molecule has 0 aromatic heterocycles. The summed E-state index contributed by atoms with van der Waals surface area (Å²) in [5.41, 5.74) is 6.72. The lowest BCUT2D eigenvalue weighted by atomic mass is 9.92. The molecular formula is C16H24N2O2. The van der Waals surface area contributed by atoms with Crippen LogP contribution in [0, 0.1) is 0 Å². The van der Waals surface area contributed by atoms with Gasteiger partial charge in [-0.3, -0.25) is 0 Å². The van der Waals surface area contributed by atoms with Gasteiger partial charge in [-0.15, -0.1) is 0 Å². The second kappa shape index (κ2) is 5.83. The second-order valence-corrected chi connectivity index (χ2v) is 6.38. The van der Waals surface area contributed by atoms with Crippen LogP contribution in [0.2, 0.25) is 0 Å². The van der Waals surface area contributed by atoms with E-state index < -0.39 is 5.60 Å². The molecule has 4 nitrogen and oxygen atoms in total. The molecule has 4 heteroatoms.